The molecule has 1 N–H and O–H groups in total. The minimum Gasteiger partial charge on any atom is -0.495 e. The van der Waals surface area contributed by atoms with Crippen molar-refractivity contribution < 1.29 is 4.74 Å². The molecule has 0 aromatic heterocycles. The number of halogens is 2. The molecular weight excluding hydrogens is 293 g/mol. The van der Waals surface area contributed by atoms with Gasteiger partial charge in [-0.2, -0.15) is 0 Å². The highest BCUT2D eigenvalue weighted by Gasteiger charge is 2.09. The molecule has 106 valence electrons. The molecule has 0 heterocycles. The maximum atomic E-state index is 6.20. The van der Waals surface area contributed by atoms with E-state index in [2.05, 4.69) is 12.2 Å². The van der Waals surface area contributed by atoms with E-state index in [0.717, 1.165) is 24.2 Å². The second-order valence-electron chi connectivity index (χ2n) is 4.43. The van der Waals surface area contributed by atoms with Crippen LogP contribution in [0.2, 0.25) is 10.0 Å². The third kappa shape index (κ3) is 3.45. The van der Waals surface area contributed by atoms with Crippen LogP contribution in [0.5, 0.6) is 5.75 Å². The average molecular weight is 310 g/mol. The molecule has 0 radical (unpaired) electrons. The first-order chi connectivity index (χ1) is 9.65. The molecule has 0 amide bonds. The lowest BCUT2D eigenvalue weighted by Gasteiger charge is -2.12. The predicted octanol–water partition coefficient (Wildman–Crippen LogP) is 4.78. The lowest BCUT2D eigenvalue weighted by atomic mass is 9.99. The Balaban J connectivity index is 2.44. The Bertz CT molecular complexity index is 599. The summed E-state index contributed by atoms with van der Waals surface area (Å²) < 4.78 is 5.18. The molecule has 2 rings (SSSR count). The van der Waals surface area contributed by atoms with Gasteiger partial charge in [-0.3, -0.25) is 0 Å². The minimum absolute atomic E-state index is 0.597. The van der Waals surface area contributed by atoms with Crippen LogP contribution in [-0.2, 0) is 6.54 Å². The van der Waals surface area contributed by atoms with E-state index in [1.807, 2.05) is 36.4 Å². The third-order valence-electron chi connectivity index (χ3n) is 3.10. The van der Waals surface area contributed by atoms with Crippen LogP contribution in [0.1, 0.15) is 12.5 Å². The van der Waals surface area contributed by atoms with Crippen molar-refractivity contribution in [3.8, 4) is 16.9 Å². The van der Waals surface area contributed by atoms with Crippen molar-refractivity contribution in [2.24, 2.45) is 0 Å². The van der Waals surface area contributed by atoms with E-state index < -0.39 is 0 Å². The van der Waals surface area contributed by atoms with Gasteiger partial charge in [0.15, 0.2) is 0 Å². The molecule has 0 aliphatic carbocycles. The second kappa shape index (κ2) is 6.98. The minimum atomic E-state index is 0.597. The summed E-state index contributed by atoms with van der Waals surface area (Å²) in [6, 6.07) is 11.7. The van der Waals surface area contributed by atoms with Gasteiger partial charge in [-0.15, -0.1) is 0 Å². The van der Waals surface area contributed by atoms with Crippen LogP contribution in [-0.4, -0.2) is 13.7 Å². The van der Waals surface area contributed by atoms with Crippen molar-refractivity contribution in [1.82, 2.24) is 5.32 Å². The zero-order valence-electron chi connectivity index (χ0n) is 11.5. The van der Waals surface area contributed by atoms with Gasteiger partial charge in [0.05, 0.1) is 12.1 Å². The van der Waals surface area contributed by atoms with Crippen molar-refractivity contribution >= 4 is 23.2 Å². The largest absolute Gasteiger partial charge is 0.495 e. The number of methoxy groups -OCH3 is 1. The van der Waals surface area contributed by atoms with Crippen LogP contribution in [0, 0.1) is 0 Å². The first-order valence-corrected chi connectivity index (χ1v) is 7.24. The summed E-state index contributed by atoms with van der Waals surface area (Å²) in [6.07, 6.45) is 0. The zero-order valence-corrected chi connectivity index (χ0v) is 13.1. The summed E-state index contributed by atoms with van der Waals surface area (Å²) in [7, 11) is 1.61. The average Bonchev–Trinajstić information content (AvgIpc) is 2.46. The van der Waals surface area contributed by atoms with Crippen molar-refractivity contribution in [2.75, 3.05) is 13.7 Å². The Hall–Kier alpha value is -1.22. The molecule has 20 heavy (non-hydrogen) atoms. The number of ether oxygens (including phenoxy) is 1. The number of nitrogens with one attached hydrogen (secondary N) is 1. The predicted molar refractivity (Wildman–Crippen MR) is 85.8 cm³/mol. The van der Waals surface area contributed by atoms with Gasteiger partial charge < -0.3 is 10.1 Å². The van der Waals surface area contributed by atoms with Crippen molar-refractivity contribution in [3.63, 3.8) is 0 Å². The maximum absolute atomic E-state index is 6.20. The first kappa shape index (κ1) is 15.2. The van der Waals surface area contributed by atoms with Gasteiger partial charge in [-0.1, -0.05) is 42.3 Å². The lowest BCUT2D eigenvalue weighted by molar-refractivity contribution is 0.415. The van der Waals surface area contributed by atoms with Crippen LogP contribution in [0.15, 0.2) is 36.4 Å². The molecule has 0 spiro atoms. The Morgan fingerprint density at radius 1 is 1.10 bits per heavy atom. The molecule has 0 aliphatic heterocycles. The Morgan fingerprint density at radius 2 is 1.90 bits per heavy atom. The summed E-state index contributed by atoms with van der Waals surface area (Å²) in [5.74, 6) is 0.672. The summed E-state index contributed by atoms with van der Waals surface area (Å²) in [6.45, 7) is 3.80. The molecule has 4 heteroatoms. The summed E-state index contributed by atoms with van der Waals surface area (Å²) in [5, 5.41) is 4.64. The molecule has 0 bridgehead atoms. The summed E-state index contributed by atoms with van der Waals surface area (Å²) >= 11 is 12.3. The molecule has 0 saturated heterocycles. The van der Waals surface area contributed by atoms with Crippen molar-refractivity contribution in [2.45, 2.75) is 13.5 Å². The number of benzene rings is 2. The number of hydrogen-bond acceptors (Lipinski definition) is 2. The standard InChI is InChI=1S/C16H17Cl2NO/c1-3-19-10-12-4-6-13(17)9-14(12)11-5-7-16(20-2)15(18)8-11/h4-9,19H,3,10H2,1-2H3. The summed E-state index contributed by atoms with van der Waals surface area (Å²) in [5.41, 5.74) is 3.31. The molecule has 0 fully saturated rings. The van der Waals surface area contributed by atoms with Crippen molar-refractivity contribution in [1.29, 1.82) is 0 Å². The highest BCUT2D eigenvalue weighted by molar-refractivity contribution is 6.32. The zero-order chi connectivity index (χ0) is 14.5. The molecule has 0 saturated carbocycles. The van der Waals surface area contributed by atoms with Gasteiger partial charge in [0, 0.05) is 11.6 Å². The quantitative estimate of drug-likeness (QED) is 0.858. The van der Waals surface area contributed by atoms with Crippen molar-refractivity contribution in [3.05, 3.63) is 52.0 Å². The smallest absolute Gasteiger partial charge is 0.137 e. The highest BCUT2D eigenvalue weighted by atomic mass is 35.5. The number of rotatable bonds is 5. The van der Waals surface area contributed by atoms with Crippen LogP contribution < -0.4 is 10.1 Å². The Morgan fingerprint density at radius 3 is 2.55 bits per heavy atom. The van der Waals surface area contributed by atoms with Crippen LogP contribution in [0.4, 0.5) is 0 Å². The lowest BCUT2D eigenvalue weighted by Crippen LogP contribution is -2.12. The maximum Gasteiger partial charge on any atom is 0.137 e. The highest BCUT2D eigenvalue weighted by Crippen LogP contribution is 2.33. The normalized spacial score (nSPS) is 10.6. The SMILES string of the molecule is CCNCc1ccc(Cl)cc1-c1ccc(OC)c(Cl)c1. The second-order valence-corrected chi connectivity index (χ2v) is 5.27. The van der Waals surface area contributed by atoms with Gasteiger partial charge in [-0.05, 0) is 47.5 Å². The molecule has 0 atom stereocenters. The number of hydrogen-bond donors (Lipinski definition) is 1. The molecular formula is C16H17Cl2NO. The fourth-order valence-electron chi connectivity index (χ4n) is 2.07. The third-order valence-corrected chi connectivity index (χ3v) is 3.63. The van der Waals surface area contributed by atoms with Crippen LogP contribution in [0.3, 0.4) is 0 Å². The topological polar surface area (TPSA) is 21.3 Å². The van der Waals surface area contributed by atoms with E-state index in [1.165, 1.54) is 5.56 Å². The summed E-state index contributed by atoms with van der Waals surface area (Å²) in [4.78, 5) is 0. The molecule has 2 nitrogen and oxygen atoms in total. The van der Waals surface area contributed by atoms with E-state index in [1.54, 1.807) is 7.11 Å². The van der Waals surface area contributed by atoms with Gasteiger partial charge >= 0.3 is 0 Å². The van der Waals surface area contributed by atoms with Crippen LogP contribution >= 0.6 is 23.2 Å². The van der Waals surface area contributed by atoms with Crippen LogP contribution in [0.25, 0.3) is 11.1 Å². The fourth-order valence-corrected chi connectivity index (χ4v) is 2.49. The monoisotopic (exact) mass is 309 g/mol. The van der Waals surface area contributed by atoms with Gasteiger partial charge in [0.2, 0.25) is 0 Å². The van der Waals surface area contributed by atoms with Gasteiger partial charge in [-0.25, -0.2) is 0 Å². The van der Waals surface area contributed by atoms with Gasteiger partial charge in [0.25, 0.3) is 0 Å². The van der Waals surface area contributed by atoms with E-state index in [0.29, 0.717) is 15.8 Å². The van der Waals surface area contributed by atoms with Gasteiger partial charge in [0.1, 0.15) is 5.75 Å². The molecule has 0 aliphatic rings. The Labute approximate surface area is 129 Å². The van der Waals surface area contributed by atoms with E-state index in [4.69, 9.17) is 27.9 Å². The molecule has 0 unspecified atom stereocenters. The first-order valence-electron chi connectivity index (χ1n) is 6.48. The molecule has 2 aromatic carbocycles. The fraction of sp³-hybridized carbons (Fsp3) is 0.250. The molecule has 2 aromatic rings. The van der Waals surface area contributed by atoms with E-state index in [-0.39, 0.29) is 0 Å². The van der Waals surface area contributed by atoms with E-state index in [9.17, 15) is 0 Å². The van der Waals surface area contributed by atoms with E-state index >= 15 is 0 Å². The Kier molecular flexibility index (Phi) is 5.30.